The van der Waals surface area contributed by atoms with Crippen LogP contribution >= 0.6 is 0 Å². The minimum atomic E-state index is 1.19. The van der Waals surface area contributed by atoms with Gasteiger partial charge in [0, 0.05) is 0 Å². The highest BCUT2D eigenvalue weighted by molar-refractivity contribution is 5.67. The first kappa shape index (κ1) is 11.9. The van der Waals surface area contributed by atoms with Gasteiger partial charge in [0.05, 0.1) is 0 Å². The van der Waals surface area contributed by atoms with Crippen LogP contribution in [-0.4, -0.2) is 0 Å². The third-order valence-electron chi connectivity index (χ3n) is 3.15. The van der Waals surface area contributed by atoms with Crippen molar-refractivity contribution in [1.82, 2.24) is 0 Å². The first-order chi connectivity index (χ1) is 8.42. The van der Waals surface area contributed by atoms with Crippen LogP contribution in [0.3, 0.4) is 0 Å². The lowest BCUT2D eigenvalue weighted by atomic mass is 9.96. The SMILES string of the molecule is CCCCCc1ccccc1-c1ccccc1. The Bertz CT molecular complexity index is 443. The maximum atomic E-state index is 2.26. The largest absolute Gasteiger partial charge is 0.0654 e. The van der Waals surface area contributed by atoms with E-state index in [1.165, 1.54) is 42.4 Å². The molecule has 2 aromatic carbocycles. The third kappa shape index (κ3) is 3.20. The highest BCUT2D eigenvalue weighted by atomic mass is 14.1. The van der Waals surface area contributed by atoms with E-state index in [1.807, 2.05) is 0 Å². The van der Waals surface area contributed by atoms with Crippen LogP contribution in [0.5, 0.6) is 0 Å². The van der Waals surface area contributed by atoms with Crippen LogP contribution in [0.4, 0.5) is 0 Å². The van der Waals surface area contributed by atoms with Crippen molar-refractivity contribution < 1.29 is 0 Å². The molecule has 2 rings (SSSR count). The Kier molecular flexibility index (Phi) is 4.37. The highest BCUT2D eigenvalue weighted by Crippen LogP contribution is 2.24. The molecule has 0 heterocycles. The van der Waals surface area contributed by atoms with E-state index >= 15 is 0 Å². The molecule has 0 fully saturated rings. The van der Waals surface area contributed by atoms with Gasteiger partial charge < -0.3 is 0 Å². The van der Waals surface area contributed by atoms with E-state index in [0.717, 1.165) is 0 Å². The molecule has 0 nitrogen and oxygen atoms in total. The summed E-state index contributed by atoms with van der Waals surface area (Å²) in [5, 5.41) is 0. The van der Waals surface area contributed by atoms with Crippen LogP contribution in [0, 0.1) is 0 Å². The molecule has 0 aromatic heterocycles. The molecule has 0 aliphatic heterocycles. The fraction of sp³-hybridized carbons (Fsp3) is 0.294. The Hall–Kier alpha value is -1.56. The third-order valence-corrected chi connectivity index (χ3v) is 3.15. The summed E-state index contributed by atoms with van der Waals surface area (Å²) in [5.74, 6) is 0. The van der Waals surface area contributed by atoms with Gasteiger partial charge in [-0.2, -0.15) is 0 Å². The topological polar surface area (TPSA) is 0 Å². The summed E-state index contributed by atoms with van der Waals surface area (Å²) in [7, 11) is 0. The zero-order chi connectivity index (χ0) is 11.9. The molecule has 2 aromatic rings. The van der Waals surface area contributed by atoms with Gasteiger partial charge in [0.2, 0.25) is 0 Å². The zero-order valence-electron chi connectivity index (χ0n) is 10.5. The molecule has 17 heavy (non-hydrogen) atoms. The van der Waals surface area contributed by atoms with E-state index in [0.29, 0.717) is 0 Å². The molecular weight excluding hydrogens is 204 g/mol. The van der Waals surface area contributed by atoms with Gasteiger partial charge in [-0.1, -0.05) is 74.4 Å². The summed E-state index contributed by atoms with van der Waals surface area (Å²) < 4.78 is 0. The first-order valence-electron chi connectivity index (χ1n) is 6.55. The normalized spacial score (nSPS) is 10.4. The monoisotopic (exact) mass is 224 g/mol. The predicted molar refractivity (Wildman–Crippen MR) is 75.1 cm³/mol. The average Bonchev–Trinajstić information content (AvgIpc) is 2.41. The summed E-state index contributed by atoms with van der Waals surface area (Å²) in [6.45, 7) is 2.25. The molecule has 0 bridgehead atoms. The molecule has 0 saturated heterocycles. The van der Waals surface area contributed by atoms with Gasteiger partial charge in [0.25, 0.3) is 0 Å². The van der Waals surface area contributed by atoms with Gasteiger partial charge in [-0.3, -0.25) is 0 Å². The van der Waals surface area contributed by atoms with Crippen LogP contribution in [0.1, 0.15) is 31.7 Å². The maximum absolute atomic E-state index is 2.26. The fourth-order valence-corrected chi connectivity index (χ4v) is 2.20. The summed E-state index contributed by atoms with van der Waals surface area (Å²) in [6.07, 6.45) is 5.09. The van der Waals surface area contributed by atoms with Crippen molar-refractivity contribution in [2.45, 2.75) is 32.6 Å². The number of hydrogen-bond donors (Lipinski definition) is 0. The molecule has 0 amide bonds. The van der Waals surface area contributed by atoms with E-state index in [4.69, 9.17) is 0 Å². The molecule has 0 radical (unpaired) electrons. The average molecular weight is 224 g/mol. The Morgan fingerprint density at radius 2 is 1.47 bits per heavy atom. The second-order valence-corrected chi connectivity index (χ2v) is 4.48. The number of unbranched alkanes of at least 4 members (excludes halogenated alkanes) is 2. The van der Waals surface area contributed by atoms with Crippen molar-refractivity contribution in [3.63, 3.8) is 0 Å². The van der Waals surface area contributed by atoms with Crippen LogP contribution in [0.2, 0.25) is 0 Å². The molecule has 0 aliphatic carbocycles. The summed E-state index contributed by atoms with van der Waals surface area (Å²) in [5.41, 5.74) is 4.20. The van der Waals surface area contributed by atoms with Gasteiger partial charge in [0.15, 0.2) is 0 Å². The lowest BCUT2D eigenvalue weighted by Crippen LogP contribution is -1.90. The molecule has 88 valence electrons. The van der Waals surface area contributed by atoms with Crippen LogP contribution in [0.25, 0.3) is 11.1 Å². The Morgan fingerprint density at radius 3 is 2.24 bits per heavy atom. The summed E-state index contributed by atoms with van der Waals surface area (Å²) >= 11 is 0. The van der Waals surface area contributed by atoms with Crippen LogP contribution < -0.4 is 0 Å². The van der Waals surface area contributed by atoms with E-state index in [9.17, 15) is 0 Å². The van der Waals surface area contributed by atoms with Gasteiger partial charge in [-0.25, -0.2) is 0 Å². The van der Waals surface area contributed by atoms with Crippen molar-refractivity contribution in [3.05, 3.63) is 60.2 Å². The number of rotatable bonds is 5. The fourth-order valence-electron chi connectivity index (χ4n) is 2.20. The first-order valence-corrected chi connectivity index (χ1v) is 6.55. The minimum absolute atomic E-state index is 1.19. The maximum Gasteiger partial charge on any atom is -0.0152 e. The predicted octanol–water partition coefficient (Wildman–Crippen LogP) is 5.09. The molecular formula is C17H20. The highest BCUT2D eigenvalue weighted by Gasteiger charge is 2.03. The molecule has 0 saturated carbocycles. The second kappa shape index (κ2) is 6.24. The van der Waals surface area contributed by atoms with Gasteiger partial charge in [-0.15, -0.1) is 0 Å². The molecule has 0 heteroatoms. The smallest absolute Gasteiger partial charge is 0.0152 e. The van der Waals surface area contributed by atoms with E-state index in [2.05, 4.69) is 61.5 Å². The summed E-state index contributed by atoms with van der Waals surface area (Å²) in [6, 6.07) is 19.4. The second-order valence-electron chi connectivity index (χ2n) is 4.48. The number of aryl methyl sites for hydroxylation is 1. The van der Waals surface area contributed by atoms with Crippen molar-refractivity contribution in [3.8, 4) is 11.1 Å². The molecule has 0 aliphatic rings. The molecule has 0 N–H and O–H groups in total. The van der Waals surface area contributed by atoms with Crippen LogP contribution in [-0.2, 0) is 6.42 Å². The Labute approximate surface area is 104 Å². The van der Waals surface area contributed by atoms with Gasteiger partial charge in [0.1, 0.15) is 0 Å². The quantitative estimate of drug-likeness (QED) is 0.621. The standard InChI is InChI=1S/C17H20/c1-2-3-5-10-15-13-8-9-14-17(15)16-11-6-4-7-12-16/h4,6-9,11-14H,2-3,5,10H2,1H3. The zero-order valence-corrected chi connectivity index (χ0v) is 10.5. The molecule has 0 spiro atoms. The number of hydrogen-bond acceptors (Lipinski definition) is 0. The van der Waals surface area contributed by atoms with E-state index in [-0.39, 0.29) is 0 Å². The van der Waals surface area contributed by atoms with Crippen molar-refractivity contribution in [2.75, 3.05) is 0 Å². The lowest BCUT2D eigenvalue weighted by molar-refractivity contribution is 0.718. The molecule has 0 atom stereocenters. The lowest BCUT2D eigenvalue weighted by Gasteiger charge is -2.09. The van der Waals surface area contributed by atoms with Gasteiger partial charge >= 0.3 is 0 Å². The Balaban J connectivity index is 2.22. The minimum Gasteiger partial charge on any atom is -0.0654 e. The van der Waals surface area contributed by atoms with E-state index < -0.39 is 0 Å². The van der Waals surface area contributed by atoms with Gasteiger partial charge in [-0.05, 0) is 29.5 Å². The summed E-state index contributed by atoms with van der Waals surface area (Å²) in [4.78, 5) is 0. The van der Waals surface area contributed by atoms with E-state index in [1.54, 1.807) is 0 Å². The number of benzene rings is 2. The van der Waals surface area contributed by atoms with Crippen molar-refractivity contribution >= 4 is 0 Å². The van der Waals surface area contributed by atoms with Crippen molar-refractivity contribution in [2.24, 2.45) is 0 Å². The van der Waals surface area contributed by atoms with Crippen molar-refractivity contribution in [1.29, 1.82) is 0 Å². The Morgan fingerprint density at radius 1 is 0.765 bits per heavy atom. The van der Waals surface area contributed by atoms with Crippen LogP contribution in [0.15, 0.2) is 54.6 Å². The molecule has 0 unspecified atom stereocenters.